The molecule has 2 N–H and O–H groups in total. The smallest absolute Gasteiger partial charge is 0.292 e. The lowest BCUT2D eigenvalue weighted by Gasteiger charge is -2.05. The van der Waals surface area contributed by atoms with Crippen LogP contribution in [0.25, 0.3) is 11.3 Å². The van der Waals surface area contributed by atoms with E-state index in [-0.39, 0.29) is 17.1 Å². The SMILES string of the molecule is COc1cccc(Nc2nc3nonc3[nH]c2=O)c1. The summed E-state index contributed by atoms with van der Waals surface area (Å²) in [4.78, 5) is 18.3. The summed E-state index contributed by atoms with van der Waals surface area (Å²) in [5.74, 6) is 0.780. The summed E-state index contributed by atoms with van der Waals surface area (Å²) in [6, 6.07) is 7.13. The van der Waals surface area contributed by atoms with Crippen LogP contribution in [0.2, 0.25) is 0 Å². The highest BCUT2D eigenvalue weighted by atomic mass is 16.6. The van der Waals surface area contributed by atoms with Gasteiger partial charge in [-0.25, -0.2) is 4.63 Å². The number of benzene rings is 1. The van der Waals surface area contributed by atoms with Crippen LogP contribution in [-0.2, 0) is 0 Å². The van der Waals surface area contributed by atoms with Crippen molar-refractivity contribution in [1.82, 2.24) is 20.3 Å². The molecule has 0 bridgehead atoms. The number of H-pyrrole nitrogens is 1. The van der Waals surface area contributed by atoms with E-state index in [4.69, 9.17) is 4.74 Å². The summed E-state index contributed by atoms with van der Waals surface area (Å²) in [6.45, 7) is 0. The van der Waals surface area contributed by atoms with E-state index in [1.54, 1.807) is 31.4 Å². The third-order valence-electron chi connectivity index (χ3n) is 2.47. The van der Waals surface area contributed by atoms with Crippen molar-refractivity contribution in [3.63, 3.8) is 0 Å². The summed E-state index contributed by atoms with van der Waals surface area (Å²) in [5.41, 5.74) is 0.699. The molecule has 1 aromatic carbocycles. The molecular formula is C11H9N5O3. The highest BCUT2D eigenvalue weighted by molar-refractivity contribution is 5.67. The van der Waals surface area contributed by atoms with Gasteiger partial charge < -0.3 is 10.1 Å². The molecule has 0 saturated heterocycles. The van der Waals surface area contributed by atoms with Crippen molar-refractivity contribution >= 4 is 22.8 Å². The molecule has 3 rings (SSSR count). The van der Waals surface area contributed by atoms with Crippen molar-refractivity contribution in [2.24, 2.45) is 0 Å². The molecule has 0 aliphatic carbocycles. The van der Waals surface area contributed by atoms with Crippen molar-refractivity contribution in [2.45, 2.75) is 0 Å². The fourth-order valence-corrected chi connectivity index (χ4v) is 1.58. The first kappa shape index (κ1) is 11.2. The largest absolute Gasteiger partial charge is 0.497 e. The van der Waals surface area contributed by atoms with Gasteiger partial charge in [-0.2, -0.15) is 4.98 Å². The Morgan fingerprint density at radius 1 is 1.37 bits per heavy atom. The molecule has 8 nitrogen and oxygen atoms in total. The Balaban J connectivity index is 1.99. The van der Waals surface area contributed by atoms with Gasteiger partial charge in [0, 0.05) is 11.8 Å². The normalized spacial score (nSPS) is 10.6. The number of anilines is 2. The molecule has 0 spiro atoms. The van der Waals surface area contributed by atoms with Crippen LogP contribution in [0.3, 0.4) is 0 Å². The predicted octanol–water partition coefficient (Wildman–Crippen LogP) is 1.06. The molecule has 3 aromatic rings. The lowest BCUT2D eigenvalue weighted by atomic mass is 10.3. The van der Waals surface area contributed by atoms with E-state index in [1.807, 2.05) is 0 Å². The predicted molar refractivity (Wildman–Crippen MR) is 66.5 cm³/mol. The minimum absolute atomic E-state index is 0.108. The van der Waals surface area contributed by atoms with Gasteiger partial charge in [0.15, 0.2) is 5.82 Å². The minimum Gasteiger partial charge on any atom is -0.497 e. The number of hydrogen-bond acceptors (Lipinski definition) is 7. The monoisotopic (exact) mass is 259 g/mol. The van der Waals surface area contributed by atoms with Crippen LogP contribution in [-0.4, -0.2) is 27.4 Å². The van der Waals surface area contributed by atoms with Gasteiger partial charge in [0.1, 0.15) is 5.75 Å². The Kier molecular flexibility index (Phi) is 2.60. The third-order valence-corrected chi connectivity index (χ3v) is 2.47. The van der Waals surface area contributed by atoms with Crippen LogP contribution >= 0.6 is 0 Å². The summed E-state index contributed by atoms with van der Waals surface area (Å²) >= 11 is 0. The second kappa shape index (κ2) is 4.41. The fraction of sp³-hybridized carbons (Fsp3) is 0.0909. The van der Waals surface area contributed by atoms with E-state index in [1.165, 1.54) is 0 Å². The molecular weight excluding hydrogens is 250 g/mol. The fourth-order valence-electron chi connectivity index (χ4n) is 1.58. The molecule has 8 heteroatoms. The van der Waals surface area contributed by atoms with Gasteiger partial charge in [-0.05, 0) is 22.4 Å². The Morgan fingerprint density at radius 3 is 3.11 bits per heavy atom. The van der Waals surface area contributed by atoms with Gasteiger partial charge >= 0.3 is 0 Å². The molecule has 19 heavy (non-hydrogen) atoms. The summed E-state index contributed by atoms with van der Waals surface area (Å²) in [7, 11) is 1.57. The zero-order valence-electron chi connectivity index (χ0n) is 9.88. The number of methoxy groups -OCH3 is 1. The van der Waals surface area contributed by atoms with Crippen LogP contribution in [0.4, 0.5) is 11.5 Å². The maximum Gasteiger partial charge on any atom is 0.292 e. The van der Waals surface area contributed by atoms with E-state index < -0.39 is 5.56 Å². The molecule has 0 aliphatic heterocycles. The molecule has 2 aromatic heterocycles. The number of hydrogen-bond donors (Lipinski definition) is 2. The summed E-state index contributed by atoms with van der Waals surface area (Å²) in [5, 5.41) is 9.95. The zero-order valence-corrected chi connectivity index (χ0v) is 9.88. The highest BCUT2D eigenvalue weighted by Gasteiger charge is 2.09. The summed E-state index contributed by atoms with van der Waals surface area (Å²) < 4.78 is 9.58. The average molecular weight is 259 g/mol. The van der Waals surface area contributed by atoms with Crippen molar-refractivity contribution in [3.8, 4) is 5.75 Å². The summed E-state index contributed by atoms with van der Waals surface area (Å²) in [6.07, 6.45) is 0. The van der Waals surface area contributed by atoms with E-state index in [0.29, 0.717) is 11.4 Å². The van der Waals surface area contributed by atoms with Gasteiger partial charge in [0.25, 0.3) is 5.56 Å². The standard InChI is InChI=1S/C11H9N5O3/c1-18-7-4-2-3-6(5-7)12-10-11(17)14-9-8(13-10)15-19-16-9/h2-5H,1H3,(H,12,13,15)(H,14,16,17). The molecule has 0 aliphatic rings. The van der Waals surface area contributed by atoms with Crippen molar-refractivity contribution < 1.29 is 9.37 Å². The Hall–Kier alpha value is -2.90. The number of aromatic nitrogens is 4. The second-order valence-corrected chi connectivity index (χ2v) is 3.71. The number of aromatic amines is 1. The Morgan fingerprint density at radius 2 is 2.26 bits per heavy atom. The molecule has 0 amide bonds. The molecule has 0 saturated carbocycles. The number of nitrogens with one attached hydrogen (secondary N) is 2. The number of nitrogens with zero attached hydrogens (tertiary/aromatic N) is 3. The second-order valence-electron chi connectivity index (χ2n) is 3.71. The van der Waals surface area contributed by atoms with Crippen molar-refractivity contribution in [1.29, 1.82) is 0 Å². The number of rotatable bonds is 3. The first-order valence-electron chi connectivity index (χ1n) is 5.40. The minimum atomic E-state index is -0.411. The van der Waals surface area contributed by atoms with Crippen LogP contribution < -0.4 is 15.6 Å². The van der Waals surface area contributed by atoms with E-state index in [9.17, 15) is 4.79 Å². The van der Waals surface area contributed by atoms with Crippen molar-refractivity contribution in [3.05, 3.63) is 34.6 Å². The van der Waals surface area contributed by atoms with Crippen molar-refractivity contribution in [2.75, 3.05) is 12.4 Å². The van der Waals surface area contributed by atoms with Crippen LogP contribution in [0.1, 0.15) is 0 Å². The topological polar surface area (TPSA) is 106 Å². The quantitative estimate of drug-likeness (QED) is 0.724. The van der Waals surface area contributed by atoms with Gasteiger partial charge in [-0.3, -0.25) is 9.78 Å². The van der Waals surface area contributed by atoms with Gasteiger partial charge in [-0.1, -0.05) is 6.07 Å². The molecule has 2 heterocycles. The van der Waals surface area contributed by atoms with Crippen LogP contribution in [0.5, 0.6) is 5.75 Å². The molecule has 0 atom stereocenters. The maximum atomic E-state index is 11.8. The Bertz CT molecular complexity index is 779. The number of fused-ring (bicyclic) bond motifs is 1. The van der Waals surface area contributed by atoms with Gasteiger partial charge in [-0.15, -0.1) is 0 Å². The van der Waals surface area contributed by atoms with E-state index in [2.05, 4.69) is 30.2 Å². The molecule has 0 radical (unpaired) electrons. The van der Waals surface area contributed by atoms with Crippen LogP contribution in [0.15, 0.2) is 33.7 Å². The van der Waals surface area contributed by atoms with E-state index >= 15 is 0 Å². The molecule has 96 valence electrons. The maximum absolute atomic E-state index is 11.8. The average Bonchev–Trinajstić information content (AvgIpc) is 2.86. The number of ether oxygens (including phenoxy) is 1. The lowest BCUT2D eigenvalue weighted by molar-refractivity contribution is 0.314. The lowest BCUT2D eigenvalue weighted by Crippen LogP contribution is -2.13. The first-order valence-corrected chi connectivity index (χ1v) is 5.40. The molecule has 0 unspecified atom stereocenters. The van der Waals surface area contributed by atoms with E-state index in [0.717, 1.165) is 0 Å². The first-order chi connectivity index (χ1) is 9.26. The van der Waals surface area contributed by atoms with Gasteiger partial charge in [0.05, 0.1) is 7.11 Å². The van der Waals surface area contributed by atoms with Crippen LogP contribution in [0, 0.1) is 0 Å². The van der Waals surface area contributed by atoms with Gasteiger partial charge in [0.2, 0.25) is 11.3 Å². The molecule has 0 fully saturated rings. The highest BCUT2D eigenvalue weighted by Crippen LogP contribution is 2.19. The zero-order chi connectivity index (χ0) is 13.2. The Labute approximate surface area is 106 Å². The third kappa shape index (κ3) is 2.10.